The van der Waals surface area contributed by atoms with Crippen LogP contribution in [0.5, 0.6) is 0 Å². The van der Waals surface area contributed by atoms with Gasteiger partial charge in [0, 0.05) is 12.5 Å². The molecular weight excluding hydrogens is 348 g/mol. The van der Waals surface area contributed by atoms with Gasteiger partial charge >= 0.3 is 0 Å². The molecule has 0 fully saturated rings. The first-order valence-electron chi connectivity index (χ1n) is 9.79. The van der Waals surface area contributed by atoms with Gasteiger partial charge in [0.1, 0.15) is 6.29 Å². The summed E-state index contributed by atoms with van der Waals surface area (Å²) in [4.78, 5) is 11.0. The van der Waals surface area contributed by atoms with Crippen LogP contribution >= 0.6 is 0 Å². The quantitative estimate of drug-likeness (QED) is 0.352. The SMILES string of the molecule is C/C=C/C[C@H](CCC=O)O[Si](c1ccccc1)(c1ccccc1)C(C)(C)C. The van der Waals surface area contributed by atoms with Crippen molar-refractivity contribution in [3.63, 3.8) is 0 Å². The normalized spacial score (nSPS) is 13.6. The van der Waals surface area contributed by atoms with Gasteiger partial charge in [0.15, 0.2) is 0 Å². The molecular formula is C24H32O2Si. The van der Waals surface area contributed by atoms with Crippen LogP contribution in [0.15, 0.2) is 72.8 Å². The molecule has 0 radical (unpaired) electrons. The molecule has 2 aromatic rings. The number of aldehydes is 1. The third-order valence-corrected chi connectivity index (χ3v) is 10.1. The smallest absolute Gasteiger partial charge is 0.261 e. The zero-order valence-corrected chi connectivity index (χ0v) is 18.0. The predicted octanol–water partition coefficient (Wildman–Crippen LogP) is 4.88. The minimum absolute atomic E-state index is 0.0257. The molecule has 0 amide bonds. The van der Waals surface area contributed by atoms with Crippen LogP contribution in [0, 0.1) is 0 Å². The first-order chi connectivity index (χ1) is 13.0. The topological polar surface area (TPSA) is 26.3 Å². The van der Waals surface area contributed by atoms with Gasteiger partial charge in [-0.15, -0.1) is 0 Å². The van der Waals surface area contributed by atoms with E-state index in [-0.39, 0.29) is 11.1 Å². The summed E-state index contributed by atoms with van der Waals surface area (Å²) < 4.78 is 7.11. The second-order valence-electron chi connectivity index (χ2n) is 7.95. The summed E-state index contributed by atoms with van der Waals surface area (Å²) in [5, 5.41) is 2.51. The Hall–Kier alpha value is -1.97. The Morgan fingerprint density at radius 1 is 0.963 bits per heavy atom. The Balaban J connectivity index is 2.61. The number of carbonyl (C=O) groups excluding carboxylic acids is 1. The van der Waals surface area contributed by atoms with Gasteiger partial charge in [-0.25, -0.2) is 0 Å². The molecule has 144 valence electrons. The van der Waals surface area contributed by atoms with Gasteiger partial charge in [-0.1, -0.05) is 93.6 Å². The molecule has 27 heavy (non-hydrogen) atoms. The second kappa shape index (κ2) is 9.82. The Kier molecular flexibility index (Phi) is 7.75. The zero-order chi connectivity index (χ0) is 19.8. The van der Waals surface area contributed by atoms with Gasteiger partial charge in [0.25, 0.3) is 8.32 Å². The summed E-state index contributed by atoms with van der Waals surface area (Å²) in [5.74, 6) is 0. The van der Waals surface area contributed by atoms with Gasteiger partial charge in [-0.05, 0) is 35.2 Å². The summed E-state index contributed by atoms with van der Waals surface area (Å²) in [6.07, 6.45) is 7.33. The van der Waals surface area contributed by atoms with E-state index in [2.05, 4.69) is 93.6 Å². The van der Waals surface area contributed by atoms with Crippen LogP contribution in [0.1, 0.15) is 47.0 Å². The van der Waals surface area contributed by atoms with E-state index in [1.807, 2.05) is 6.92 Å². The van der Waals surface area contributed by atoms with Crippen molar-refractivity contribution in [3.8, 4) is 0 Å². The molecule has 2 aromatic carbocycles. The molecule has 2 nitrogen and oxygen atoms in total. The zero-order valence-electron chi connectivity index (χ0n) is 17.0. The molecule has 2 rings (SSSR count). The third kappa shape index (κ3) is 5.05. The van der Waals surface area contributed by atoms with Crippen molar-refractivity contribution < 1.29 is 9.22 Å². The number of benzene rings is 2. The molecule has 0 N–H and O–H groups in total. The van der Waals surface area contributed by atoms with Gasteiger partial charge in [-0.3, -0.25) is 0 Å². The monoisotopic (exact) mass is 380 g/mol. The first-order valence-corrected chi connectivity index (χ1v) is 11.7. The molecule has 0 saturated heterocycles. The molecule has 0 aromatic heterocycles. The van der Waals surface area contributed by atoms with Crippen LogP contribution in [0.25, 0.3) is 0 Å². The average molecular weight is 381 g/mol. The fourth-order valence-corrected chi connectivity index (χ4v) is 8.44. The van der Waals surface area contributed by atoms with Crippen LogP contribution in [-0.4, -0.2) is 20.7 Å². The maximum absolute atomic E-state index is 11.0. The van der Waals surface area contributed by atoms with Crippen molar-refractivity contribution in [1.29, 1.82) is 0 Å². The molecule has 0 bridgehead atoms. The van der Waals surface area contributed by atoms with E-state index in [1.165, 1.54) is 10.4 Å². The number of allylic oxidation sites excluding steroid dienone is 1. The van der Waals surface area contributed by atoms with E-state index in [9.17, 15) is 4.79 Å². The molecule has 3 heteroatoms. The Morgan fingerprint density at radius 2 is 1.48 bits per heavy atom. The fourth-order valence-electron chi connectivity index (χ4n) is 3.71. The van der Waals surface area contributed by atoms with Gasteiger partial charge in [-0.2, -0.15) is 0 Å². The van der Waals surface area contributed by atoms with E-state index in [0.717, 1.165) is 19.1 Å². The summed E-state index contributed by atoms with van der Waals surface area (Å²) in [6.45, 7) is 8.88. The van der Waals surface area contributed by atoms with E-state index in [0.29, 0.717) is 6.42 Å². The highest BCUT2D eigenvalue weighted by molar-refractivity contribution is 6.99. The van der Waals surface area contributed by atoms with Crippen molar-refractivity contribution in [2.24, 2.45) is 0 Å². The minimum atomic E-state index is -2.56. The van der Waals surface area contributed by atoms with Crippen molar-refractivity contribution in [1.82, 2.24) is 0 Å². The molecule has 1 atom stereocenters. The van der Waals surface area contributed by atoms with Gasteiger partial charge in [0.2, 0.25) is 0 Å². The number of hydrogen-bond donors (Lipinski definition) is 0. The summed E-state index contributed by atoms with van der Waals surface area (Å²) in [5.41, 5.74) is 0. The lowest BCUT2D eigenvalue weighted by Gasteiger charge is -2.45. The lowest BCUT2D eigenvalue weighted by molar-refractivity contribution is -0.108. The molecule has 0 heterocycles. The van der Waals surface area contributed by atoms with Crippen LogP contribution < -0.4 is 10.4 Å². The van der Waals surface area contributed by atoms with Crippen LogP contribution in [0.3, 0.4) is 0 Å². The third-order valence-electron chi connectivity index (χ3n) is 5.00. The second-order valence-corrected chi connectivity index (χ2v) is 12.2. The highest BCUT2D eigenvalue weighted by atomic mass is 28.4. The highest BCUT2D eigenvalue weighted by Crippen LogP contribution is 2.38. The molecule has 0 aliphatic carbocycles. The van der Waals surface area contributed by atoms with Crippen LogP contribution in [0.2, 0.25) is 5.04 Å². The Labute approximate surface area is 165 Å². The number of carbonyl (C=O) groups is 1. The first kappa shape index (κ1) is 21.3. The number of hydrogen-bond acceptors (Lipinski definition) is 2. The van der Waals surface area contributed by atoms with E-state index in [1.54, 1.807) is 0 Å². The standard InChI is InChI=1S/C24H32O2Si/c1-5-6-14-21(15-13-20-25)26-27(24(2,3)4,22-16-9-7-10-17-22)23-18-11-8-12-19-23/h5-12,16-21H,13-15H2,1-4H3/b6-5+/t21-/m1/s1. The van der Waals surface area contributed by atoms with Crippen LogP contribution in [0.4, 0.5) is 0 Å². The number of rotatable bonds is 9. The molecule has 0 spiro atoms. The summed E-state index contributed by atoms with van der Waals surface area (Å²) in [7, 11) is -2.56. The molecule has 0 aliphatic heterocycles. The minimum Gasteiger partial charge on any atom is -0.404 e. The fraction of sp³-hybridized carbons (Fsp3) is 0.375. The van der Waals surface area contributed by atoms with Gasteiger partial charge < -0.3 is 9.22 Å². The van der Waals surface area contributed by atoms with Crippen molar-refractivity contribution in [2.45, 2.75) is 58.1 Å². The van der Waals surface area contributed by atoms with Crippen molar-refractivity contribution in [2.75, 3.05) is 0 Å². The Bertz CT molecular complexity index is 678. The van der Waals surface area contributed by atoms with Gasteiger partial charge in [0.05, 0.1) is 0 Å². The van der Waals surface area contributed by atoms with Crippen LogP contribution in [-0.2, 0) is 9.22 Å². The lowest BCUT2D eigenvalue weighted by Crippen LogP contribution is -2.67. The van der Waals surface area contributed by atoms with Crippen molar-refractivity contribution >= 4 is 25.0 Å². The highest BCUT2D eigenvalue weighted by Gasteiger charge is 2.51. The Morgan fingerprint density at radius 3 is 1.89 bits per heavy atom. The van der Waals surface area contributed by atoms with E-state index < -0.39 is 8.32 Å². The summed E-state index contributed by atoms with van der Waals surface area (Å²) in [6, 6.07) is 21.3. The molecule has 0 saturated carbocycles. The maximum atomic E-state index is 11.0. The van der Waals surface area contributed by atoms with Crippen molar-refractivity contribution in [3.05, 3.63) is 72.8 Å². The maximum Gasteiger partial charge on any atom is 0.261 e. The average Bonchev–Trinajstić information content (AvgIpc) is 2.68. The van der Waals surface area contributed by atoms with E-state index >= 15 is 0 Å². The summed E-state index contributed by atoms with van der Waals surface area (Å²) >= 11 is 0. The molecule has 0 aliphatic rings. The lowest BCUT2D eigenvalue weighted by atomic mass is 10.1. The largest absolute Gasteiger partial charge is 0.404 e. The predicted molar refractivity (Wildman–Crippen MR) is 117 cm³/mol. The molecule has 0 unspecified atom stereocenters. The van der Waals surface area contributed by atoms with E-state index in [4.69, 9.17) is 4.43 Å².